The Bertz CT molecular complexity index is 511. The lowest BCUT2D eigenvalue weighted by molar-refractivity contribution is 0.676. The van der Waals surface area contributed by atoms with Crippen LogP contribution in [-0.2, 0) is 0 Å². The number of hydrogen-bond donors (Lipinski definition) is 2. The summed E-state index contributed by atoms with van der Waals surface area (Å²) in [6.45, 7) is 6.24. The van der Waals surface area contributed by atoms with Crippen LogP contribution in [0.15, 0.2) is 24.3 Å². The van der Waals surface area contributed by atoms with E-state index in [0.29, 0.717) is 0 Å². The summed E-state index contributed by atoms with van der Waals surface area (Å²) in [7, 11) is 0. The second-order valence-corrected chi connectivity index (χ2v) is 5.28. The Labute approximate surface area is 119 Å². The van der Waals surface area contributed by atoms with Crippen LogP contribution in [0, 0.1) is 13.8 Å². The Balaban J connectivity index is 2.23. The highest BCUT2D eigenvalue weighted by Gasteiger charge is 2.14. The van der Waals surface area contributed by atoms with E-state index in [1.54, 1.807) is 0 Å². The van der Waals surface area contributed by atoms with Crippen LogP contribution < -0.4 is 5.32 Å². The molecule has 1 heterocycles. The van der Waals surface area contributed by atoms with Gasteiger partial charge in [-0.05, 0) is 38.0 Å². The molecule has 0 saturated heterocycles. The lowest BCUT2D eigenvalue weighted by Crippen LogP contribution is -2.11. The summed E-state index contributed by atoms with van der Waals surface area (Å²) in [5.41, 5.74) is 4.44. The highest BCUT2D eigenvalue weighted by molar-refractivity contribution is 6.30. The van der Waals surface area contributed by atoms with Crippen LogP contribution in [0.4, 0.5) is 5.69 Å². The van der Waals surface area contributed by atoms with Gasteiger partial charge in [-0.3, -0.25) is 5.10 Å². The van der Waals surface area contributed by atoms with Crippen molar-refractivity contribution in [2.75, 3.05) is 5.32 Å². The van der Waals surface area contributed by atoms with Crippen molar-refractivity contribution >= 4 is 17.3 Å². The van der Waals surface area contributed by atoms with E-state index >= 15 is 0 Å². The molecule has 0 amide bonds. The summed E-state index contributed by atoms with van der Waals surface area (Å²) in [5, 5.41) is 11.6. The van der Waals surface area contributed by atoms with E-state index < -0.39 is 0 Å². The van der Waals surface area contributed by atoms with Crippen LogP contribution in [0.25, 0.3) is 0 Å². The van der Waals surface area contributed by atoms with Gasteiger partial charge in [0.25, 0.3) is 0 Å². The zero-order chi connectivity index (χ0) is 13.8. The molecule has 2 N–H and O–H groups in total. The van der Waals surface area contributed by atoms with Crippen molar-refractivity contribution in [2.45, 2.75) is 39.7 Å². The van der Waals surface area contributed by atoms with E-state index in [0.717, 1.165) is 34.9 Å². The number of H-pyrrole nitrogens is 1. The Morgan fingerprint density at radius 2 is 1.95 bits per heavy atom. The molecule has 102 valence electrons. The number of aromatic nitrogens is 2. The second-order valence-electron chi connectivity index (χ2n) is 4.85. The summed E-state index contributed by atoms with van der Waals surface area (Å²) >= 11 is 5.95. The Morgan fingerprint density at radius 1 is 1.26 bits per heavy atom. The van der Waals surface area contributed by atoms with E-state index in [2.05, 4.69) is 34.6 Å². The molecule has 0 saturated carbocycles. The van der Waals surface area contributed by atoms with Gasteiger partial charge in [-0.15, -0.1) is 0 Å². The number of nitrogens with one attached hydrogen (secondary N) is 2. The fraction of sp³-hybridized carbons (Fsp3) is 0.400. The van der Waals surface area contributed by atoms with Crippen molar-refractivity contribution in [3.8, 4) is 0 Å². The lowest BCUT2D eigenvalue weighted by Gasteiger charge is -2.20. The SMILES string of the molecule is CCCC(Nc1c(C)n[nH]c1C)c1ccc(Cl)cc1. The van der Waals surface area contributed by atoms with E-state index in [1.807, 2.05) is 26.0 Å². The third-order valence-electron chi connectivity index (χ3n) is 3.30. The average molecular weight is 278 g/mol. The zero-order valence-corrected chi connectivity index (χ0v) is 12.4. The first-order chi connectivity index (χ1) is 9.11. The maximum Gasteiger partial charge on any atom is 0.0825 e. The predicted octanol–water partition coefficient (Wildman–Crippen LogP) is 4.63. The highest BCUT2D eigenvalue weighted by atomic mass is 35.5. The monoisotopic (exact) mass is 277 g/mol. The fourth-order valence-electron chi connectivity index (χ4n) is 2.24. The molecule has 0 radical (unpaired) electrons. The quantitative estimate of drug-likeness (QED) is 0.836. The van der Waals surface area contributed by atoms with Crippen LogP contribution >= 0.6 is 11.6 Å². The molecule has 0 aliphatic carbocycles. The van der Waals surface area contributed by atoms with Gasteiger partial charge in [-0.25, -0.2) is 0 Å². The topological polar surface area (TPSA) is 40.7 Å². The van der Waals surface area contributed by atoms with E-state index in [4.69, 9.17) is 11.6 Å². The number of benzene rings is 1. The molecular formula is C15H20ClN3. The first kappa shape index (κ1) is 13.9. The minimum Gasteiger partial charge on any atom is -0.375 e. The smallest absolute Gasteiger partial charge is 0.0825 e. The van der Waals surface area contributed by atoms with Crippen LogP contribution in [0.2, 0.25) is 5.02 Å². The van der Waals surface area contributed by atoms with Gasteiger partial charge in [0.2, 0.25) is 0 Å². The summed E-state index contributed by atoms with van der Waals surface area (Å²) in [6.07, 6.45) is 2.20. The van der Waals surface area contributed by atoms with E-state index in [9.17, 15) is 0 Å². The molecule has 0 fully saturated rings. The fourth-order valence-corrected chi connectivity index (χ4v) is 2.37. The van der Waals surface area contributed by atoms with Crippen molar-refractivity contribution in [1.82, 2.24) is 10.2 Å². The van der Waals surface area contributed by atoms with Crippen LogP contribution in [0.5, 0.6) is 0 Å². The zero-order valence-electron chi connectivity index (χ0n) is 11.6. The lowest BCUT2D eigenvalue weighted by atomic mass is 10.0. The Hall–Kier alpha value is -1.48. The number of nitrogens with zero attached hydrogens (tertiary/aromatic N) is 1. The largest absolute Gasteiger partial charge is 0.375 e. The third-order valence-corrected chi connectivity index (χ3v) is 3.55. The average Bonchev–Trinajstić information content (AvgIpc) is 2.71. The molecule has 2 rings (SSSR count). The molecular weight excluding hydrogens is 258 g/mol. The Morgan fingerprint density at radius 3 is 2.47 bits per heavy atom. The van der Waals surface area contributed by atoms with Crippen LogP contribution in [0.1, 0.15) is 42.8 Å². The maximum atomic E-state index is 5.95. The molecule has 0 aliphatic rings. The predicted molar refractivity (Wildman–Crippen MR) is 80.8 cm³/mol. The Kier molecular flexibility index (Phi) is 4.48. The van der Waals surface area contributed by atoms with Gasteiger partial charge in [0.15, 0.2) is 0 Å². The number of aryl methyl sites for hydroxylation is 2. The van der Waals surface area contributed by atoms with E-state index in [1.165, 1.54) is 5.56 Å². The van der Waals surface area contributed by atoms with Gasteiger partial charge >= 0.3 is 0 Å². The first-order valence-corrected chi connectivity index (χ1v) is 7.03. The molecule has 1 aromatic carbocycles. The number of halogens is 1. The number of rotatable bonds is 5. The number of hydrogen-bond acceptors (Lipinski definition) is 2. The summed E-state index contributed by atoms with van der Waals surface area (Å²) < 4.78 is 0. The normalized spacial score (nSPS) is 12.4. The molecule has 1 unspecified atom stereocenters. The van der Waals surface area contributed by atoms with Gasteiger partial charge in [0.05, 0.1) is 23.1 Å². The maximum absolute atomic E-state index is 5.95. The molecule has 4 heteroatoms. The minimum atomic E-state index is 0.289. The molecule has 1 atom stereocenters. The molecule has 2 aromatic rings. The van der Waals surface area contributed by atoms with Gasteiger partial charge in [0.1, 0.15) is 0 Å². The molecule has 1 aromatic heterocycles. The highest BCUT2D eigenvalue weighted by Crippen LogP contribution is 2.27. The van der Waals surface area contributed by atoms with Crippen LogP contribution in [0.3, 0.4) is 0 Å². The third kappa shape index (κ3) is 3.29. The number of anilines is 1. The summed E-state index contributed by atoms with van der Waals surface area (Å²) in [4.78, 5) is 0. The minimum absolute atomic E-state index is 0.289. The van der Waals surface area contributed by atoms with Gasteiger partial charge in [-0.1, -0.05) is 37.1 Å². The van der Waals surface area contributed by atoms with Crippen LogP contribution in [-0.4, -0.2) is 10.2 Å². The van der Waals surface area contributed by atoms with Gasteiger partial charge in [0, 0.05) is 5.02 Å². The molecule has 0 bridgehead atoms. The second kappa shape index (κ2) is 6.11. The van der Waals surface area contributed by atoms with Gasteiger partial charge < -0.3 is 5.32 Å². The molecule has 0 spiro atoms. The van der Waals surface area contributed by atoms with Crippen molar-refractivity contribution in [3.63, 3.8) is 0 Å². The van der Waals surface area contributed by atoms with Gasteiger partial charge in [-0.2, -0.15) is 5.10 Å². The summed E-state index contributed by atoms with van der Waals surface area (Å²) in [6, 6.07) is 8.34. The van der Waals surface area contributed by atoms with Crippen molar-refractivity contribution in [2.24, 2.45) is 0 Å². The molecule has 19 heavy (non-hydrogen) atoms. The standard InChI is InChI=1S/C15H20ClN3/c1-4-5-14(12-6-8-13(16)9-7-12)17-15-10(2)18-19-11(15)3/h6-9,14,17H,4-5H2,1-3H3,(H,18,19). The first-order valence-electron chi connectivity index (χ1n) is 6.65. The molecule has 0 aliphatic heterocycles. The summed E-state index contributed by atoms with van der Waals surface area (Å²) in [5.74, 6) is 0. The van der Waals surface area contributed by atoms with Crippen molar-refractivity contribution in [3.05, 3.63) is 46.2 Å². The van der Waals surface area contributed by atoms with Crippen molar-refractivity contribution in [1.29, 1.82) is 0 Å². The van der Waals surface area contributed by atoms with Crippen molar-refractivity contribution < 1.29 is 0 Å². The number of aromatic amines is 1. The molecule has 3 nitrogen and oxygen atoms in total. The van der Waals surface area contributed by atoms with E-state index in [-0.39, 0.29) is 6.04 Å².